The van der Waals surface area contributed by atoms with Crippen LogP contribution in [-0.4, -0.2) is 26.6 Å². The molecule has 7 heteroatoms. The van der Waals surface area contributed by atoms with Crippen LogP contribution < -0.4 is 4.74 Å². The van der Waals surface area contributed by atoms with Gasteiger partial charge in [0.15, 0.2) is 0 Å². The maximum Gasteiger partial charge on any atom is 0.329 e. The van der Waals surface area contributed by atoms with Crippen LogP contribution in [0.3, 0.4) is 0 Å². The number of para-hydroxylation sites is 2. The number of rotatable bonds is 4. The minimum atomic E-state index is -1.81. The molecular weight excluding hydrogens is 346 g/mol. The van der Waals surface area contributed by atoms with Crippen molar-refractivity contribution in [2.75, 3.05) is 0 Å². The molecule has 1 aromatic heterocycles. The predicted molar refractivity (Wildman–Crippen MR) is 94.4 cm³/mol. The number of carboxylic acids is 1. The second-order valence-electron chi connectivity index (χ2n) is 5.97. The van der Waals surface area contributed by atoms with Crippen LogP contribution in [-0.2, 0) is 11.4 Å². The number of carboxylic acid groups (broad SMARTS) is 1. The highest BCUT2D eigenvalue weighted by molar-refractivity contribution is 6.10. The molecule has 3 aromatic rings. The fourth-order valence-corrected chi connectivity index (χ4v) is 3.12. The van der Waals surface area contributed by atoms with Gasteiger partial charge in [-0.25, -0.2) is 4.68 Å². The Bertz CT molecular complexity index is 1100. The molecule has 2 heterocycles. The molecule has 27 heavy (non-hydrogen) atoms. The highest BCUT2D eigenvalue weighted by Crippen LogP contribution is 2.40. The molecule has 0 spiro atoms. The number of aromatic nitrogens is 2. The Morgan fingerprint density at radius 1 is 1.15 bits per heavy atom. The Hall–Kier alpha value is -3.92. The number of ether oxygens (including phenoxy) is 1. The number of benzene rings is 2. The number of Topliss-reactive ketones (excluding diaryl/α,β-unsaturated/α-hetero) is 1. The molecule has 132 valence electrons. The van der Waals surface area contributed by atoms with Crippen molar-refractivity contribution in [3.63, 3.8) is 0 Å². The minimum Gasteiger partial charge on any atom is -0.488 e. The largest absolute Gasteiger partial charge is 0.488 e. The fraction of sp³-hybridized carbons (Fsp3) is 0.100. The first-order valence-corrected chi connectivity index (χ1v) is 8.18. The standard InChI is InChI=1S/C20H13N3O4/c21-10-14(20(25)26)19(24)17-15-11-27-16-9-5-4-8-13(16)18(15)23(22-17)12-6-2-1-3-7-12/h1-9,14H,11H2,(H,25,26). The van der Waals surface area contributed by atoms with Crippen LogP contribution in [0.4, 0.5) is 0 Å². The summed E-state index contributed by atoms with van der Waals surface area (Å²) in [5, 5.41) is 22.7. The molecule has 2 aromatic carbocycles. The number of nitriles is 1. The van der Waals surface area contributed by atoms with E-state index in [0.29, 0.717) is 22.7 Å². The summed E-state index contributed by atoms with van der Waals surface area (Å²) in [5.74, 6) is -3.51. The molecule has 1 aliphatic heterocycles. The zero-order valence-electron chi connectivity index (χ0n) is 14.0. The average Bonchev–Trinajstić information content (AvgIpc) is 3.09. The zero-order chi connectivity index (χ0) is 19.0. The van der Waals surface area contributed by atoms with Gasteiger partial charge in [0.25, 0.3) is 0 Å². The van der Waals surface area contributed by atoms with Gasteiger partial charge in [0.2, 0.25) is 11.7 Å². The van der Waals surface area contributed by atoms with Crippen LogP contribution in [0.1, 0.15) is 16.1 Å². The van der Waals surface area contributed by atoms with Gasteiger partial charge >= 0.3 is 5.97 Å². The predicted octanol–water partition coefficient (Wildman–Crippen LogP) is 2.84. The van der Waals surface area contributed by atoms with E-state index in [2.05, 4.69) is 5.10 Å². The molecule has 1 atom stereocenters. The first-order chi connectivity index (χ1) is 13.1. The van der Waals surface area contributed by atoms with Crippen molar-refractivity contribution < 1.29 is 19.4 Å². The molecule has 0 bridgehead atoms. The van der Waals surface area contributed by atoms with Crippen molar-refractivity contribution in [2.24, 2.45) is 5.92 Å². The van der Waals surface area contributed by atoms with E-state index in [1.807, 2.05) is 54.6 Å². The van der Waals surface area contributed by atoms with Crippen molar-refractivity contribution in [1.82, 2.24) is 9.78 Å². The van der Waals surface area contributed by atoms with Gasteiger partial charge in [0.05, 0.1) is 17.5 Å². The van der Waals surface area contributed by atoms with E-state index >= 15 is 0 Å². The molecule has 0 fully saturated rings. The van der Waals surface area contributed by atoms with Gasteiger partial charge in [0.1, 0.15) is 18.1 Å². The maximum atomic E-state index is 12.7. The molecule has 0 radical (unpaired) electrons. The molecule has 0 aliphatic carbocycles. The number of fused-ring (bicyclic) bond motifs is 3. The van der Waals surface area contributed by atoms with E-state index in [9.17, 15) is 14.7 Å². The lowest BCUT2D eigenvalue weighted by molar-refractivity contribution is -0.138. The van der Waals surface area contributed by atoms with E-state index in [-0.39, 0.29) is 12.3 Å². The Labute approximate surface area is 154 Å². The number of hydrogen-bond acceptors (Lipinski definition) is 5. The maximum absolute atomic E-state index is 12.7. The summed E-state index contributed by atoms with van der Waals surface area (Å²) in [6.45, 7) is 0.0675. The molecule has 1 unspecified atom stereocenters. The molecule has 1 aliphatic rings. The minimum absolute atomic E-state index is 0.0580. The van der Waals surface area contributed by atoms with Crippen molar-refractivity contribution in [3.8, 4) is 28.8 Å². The lowest BCUT2D eigenvalue weighted by Crippen LogP contribution is -2.24. The van der Waals surface area contributed by atoms with Crippen molar-refractivity contribution >= 4 is 11.8 Å². The molecule has 1 N–H and O–H groups in total. The van der Waals surface area contributed by atoms with Crippen LogP contribution in [0.5, 0.6) is 5.75 Å². The van der Waals surface area contributed by atoms with E-state index in [4.69, 9.17) is 10.00 Å². The Balaban J connectivity index is 1.97. The SMILES string of the molecule is N#CC(C(=O)O)C(=O)c1nn(-c2ccccc2)c2c1COc1ccccc1-2. The van der Waals surface area contributed by atoms with Crippen molar-refractivity contribution in [1.29, 1.82) is 5.26 Å². The summed E-state index contributed by atoms with van der Waals surface area (Å²) in [6.07, 6.45) is 0. The average molecular weight is 359 g/mol. The van der Waals surface area contributed by atoms with Gasteiger partial charge < -0.3 is 9.84 Å². The number of hydrogen-bond donors (Lipinski definition) is 1. The Kier molecular flexibility index (Phi) is 3.94. The summed E-state index contributed by atoms with van der Waals surface area (Å²) >= 11 is 0. The van der Waals surface area contributed by atoms with Gasteiger partial charge in [-0.05, 0) is 24.3 Å². The second kappa shape index (κ2) is 6.42. The van der Waals surface area contributed by atoms with Gasteiger partial charge in [0, 0.05) is 11.1 Å². The van der Waals surface area contributed by atoms with Gasteiger partial charge in [-0.15, -0.1) is 0 Å². The van der Waals surface area contributed by atoms with E-state index < -0.39 is 17.7 Å². The number of nitrogens with zero attached hydrogens (tertiary/aromatic N) is 3. The third-order valence-corrected chi connectivity index (χ3v) is 4.37. The summed E-state index contributed by atoms with van der Waals surface area (Å²) in [6, 6.07) is 18.1. The lowest BCUT2D eigenvalue weighted by Gasteiger charge is -2.19. The van der Waals surface area contributed by atoms with E-state index in [1.165, 1.54) is 6.07 Å². The monoisotopic (exact) mass is 359 g/mol. The highest BCUT2D eigenvalue weighted by Gasteiger charge is 2.35. The van der Waals surface area contributed by atoms with E-state index in [0.717, 1.165) is 5.56 Å². The molecule has 7 nitrogen and oxygen atoms in total. The van der Waals surface area contributed by atoms with Crippen LogP contribution in [0, 0.1) is 17.2 Å². The Morgan fingerprint density at radius 2 is 1.85 bits per heavy atom. The third kappa shape index (κ3) is 2.64. The van der Waals surface area contributed by atoms with Crippen LogP contribution in [0.2, 0.25) is 0 Å². The van der Waals surface area contributed by atoms with Gasteiger partial charge in [-0.2, -0.15) is 10.4 Å². The third-order valence-electron chi connectivity index (χ3n) is 4.37. The Morgan fingerprint density at radius 3 is 2.56 bits per heavy atom. The van der Waals surface area contributed by atoms with Crippen molar-refractivity contribution in [2.45, 2.75) is 6.61 Å². The number of aliphatic carboxylic acids is 1. The highest BCUT2D eigenvalue weighted by atomic mass is 16.5. The number of carbonyl (C=O) groups is 2. The van der Waals surface area contributed by atoms with Crippen LogP contribution in [0.25, 0.3) is 16.9 Å². The molecular formula is C20H13N3O4. The topological polar surface area (TPSA) is 105 Å². The van der Waals surface area contributed by atoms with Crippen molar-refractivity contribution in [3.05, 3.63) is 65.9 Å². The second-order valence-corrected chi connectivity index (χ2v) is 5.97. The summed E-state index contributed by atoms with van der Waals surface area (Å²) in [7, 11) is 0. The van der Waals surface area contributed by atoms with Gasteiger partial charge in [-0.3, -0.25) is 9.59 Å². The molecule has 0 saturated heterocycles. The lowest BCUT2D eigenvalue weighted by atomic mass is 9.96. The molecule has 0 saturated carbocycles. The first kappa shape index (κ1) is 16.5. The number of ketones is 1. The number of carbonyl (C=O) groups excluding carboxylic acids is 1. The zero-order valence-corrected chi connectivity index (χ0v) is 14.0. The normalized spacial score (nSPS) is 12.9. The quantitative estimate of drug-likeness (QED) is 0.567. The molecule has 4 rings (SSSR count). The van der Waals surface area contributed by atoms with Gasteiger partial charge in [-0.1, -0.05) is 30.3 Å². The summed E-state index contributed by atoms with van der Waals surface area (Å²) in [4.78, 5) is 24.0. The van der Waals surface area contributed by atoms with E-state index in [1.54, 1.807) is 4.68 Å². The van der Waals surface area contributed by atoms with Crippen LogP contribution in [0.15, 0.2) is 54.6 Å². The summed E-state index contributed by atoms with van der Waals surface area (Å²) < 4.78 is 7.33. The summed E-state index contributed by atoms with van der Waals surface area (Å²) in [5.41, 5.74) is 2.54. The molecule has 0 amide bonds. The first-order valence-electron chi connectivity index (χ1n) is 8.18. The van der Waals surface area contributed by atoms with Crippen LogP contribution >= 0.6 is 0 Å². The smallest absolute Gasteiger partial charge is 0.329 e. The fourth-order valence-electron chi connectivity index (χ4n) is 3.12.